The van der Waals surface area contributed by atoms with Crippen LogP contribution in [0.2, 0.25) is 0 Å². The number of hydrogen-bond donors (Lipinski definition) is 2. The first-order chi connectivity index (χ1) is 5.75. The summed E-state index contributed by atoms with van der Waals surface area (Å²) < 4.78 is 0. The molecular weight excluding hydrogens is 154 g/mol. The minimum atomic E-state index is -0.167. The van der Waals surface area contributed by atoms with Crippen LogP contribution in [-0.4, -0.2) is 21.2 Å². The van der Waals surface area contributed by atoms with E-state index in [0.717, 1.165) is 18.7 Å². The average molecular weight is 165 g/mol. The van der Waals surface area contributed by atoms with Gasteiger partial charge in [-0.05, 0) is 18.9 Å². The molecule has 0 bridgehead atoms. The van der Waals surface area contributed by atoms with Crippen LogP contribution >= 0.6 is 0 Å². The lowest BCUT2D eigenvalue weighted by Gasteiger charge is -2.29. The molecule has 0 aliphatic heterocycles. The van der Waals surface area contributed by atoms with Crippen LogP contribution in [0.1, 0.15) is 24.6 Å². The Morgan fingerprint density at radius 3 is 2.83 bits per heavy atom. The third-order valence-corrected chi connectivity index (χ3v) is 2.17. The fraction of sp³-hybridized carbons (Fsp3) is 0.500. The molecule has 2 rings (SSSR count). The molecule has 1 saturated carbocycles. The van der Waals surface area contributed by atoms with Gasteiger partial charge >= 0.3 is 0 Å². The van der Waals surface area contributed by atoms with Gasteiger partial charge < -0.3 is 10.8 Å². The molecule has 4 heteroatoms. The van der Waals surface area contributed by atoms with Crippen molar-refractivity contribution in [3.63, 3.8) is 0 Å². The molecule has 1 aliphatic rings. The van der Waals surface area contributed by atoms with E-state index in [1.54, 1.807) is 12.3 Å². The number of rotatable bonds is 1. The van der Waals surface area contributed by atoms with Crippen LogP contribution in [0, 0.1) is 0 Å². The summed E-state index contributed by atoms with van der Waals surface area (Å²) in [6.07, 6.45) is 3.02. The number of nitrogen functional groups attached to an aromatic ring is 1. The Bertz CT molecular complexity index is 283. The lowest BCUT2D eigenvalue weighted by molar-refractivity contribution is 0.0717. The molecule has 1 aliphatic carbocycles. The summed E-state index contributed by atoms with van der Waals surface area (Å²) in [4.78, 5) is 8.18. The second-order valence-electron chi connectivity index (χ2n) is 3.16. The molecule has 0 atom stereocenters. The zero-order chi connectivity index (χ0) is 8.55. The Balaban J connectivity index is 2.13. The third kappa shape index (κ3) is 1.25. The predicted octanol–water partition coefficient (Wildman–Crippen LogP) is 0.297. The summed E-state index contributed by atoms with van der Waals surface area (Å²) in [5, 5.41) is 9.06. The maximum atomic E-state index is 9.06. The molecule has 0 unspecified atom stereocenters. The summed E-state index contributed by atoms with van der Waals surface area (Å²) in [6, 6.07) is 1.67. The fourth-order valence-electron chi connectivity index (χ4n) is 1.38. The fourth-order valence-corrected chi connectivity index (χ4v) is 1.38. The standard InChI is InChI=1S/C8H11N3O/c9-7-1-2-10-8(11-7)5-3-6(12)4-5/h1-2,5-6,12H,3-4H2,(H2,9,10,11). The monoisotopic (exact) mass is 165 g/mol. The van der Waals surface area contributed by atoms with Gasteiger partial charge in [0.15, 0.2) is 0 Å². The van der Waals surface area contributed by atoms with E-state index in [9.17, 15) is 0 Å². The number of nitrogens with two attached hydrogens (primary N) is 1. The molecule has 1 aromatic heterocycles. The normalized spacial score (nSPS) is 28.1. The Labute approximate surface area is 70.5 Å². The van der Waals surface area contributed by atoms with E-state index in [-0.39, 0.29) is 6.10 Å². The van der Waals surface area contributed by atoms with Gasteiger partial charge in [-0.15, -0.1) is 0 Å². The van der Waals surface area contributed by atoms with Crippen molar-refractivity contribution in [1.29, 1.82) is 0 Å². The molecule has 12 heavy (non-hydrogen) atoms. The summed E-state index contributed by atoms with van der Waals surface area (Å²) in [7, 11) is 0. The number of hydrogen-bond acceptors (Lipinski definition) is 4. The van der Waals surface area contributed by atoms with Gasteiger partial charge in [0.05, 0.1) is 6.10 Å². The second-order valence-corrected chi connectivity index (χ2v) is 3.16. The highest BCUT2D eigenvalue weighted by Gasteiger charge is 2.30. The highest BCUT2D eigenvalue weighted by molar-refractivity contribution is 5.26. The van der Waals surface area contributed by atoms with Gasteiger partial charge in [0, 0.05) is 12.1 Å². The van der Waals surface area contributed by atoms with Gasteiger partial charge in [0.2, 0.25) is 0 Å². The SMILES string of the molecule is Nc1ccnc(C2CC(O)C2)n1. The van der Waals surface area contributed by atoms with Gasteiger partial charge in [-0.1, -0.05) is 0 Å². The zero-order valence-corrected chi connectivity index (χ0v) is 6.64. The number of aliphatic hydroxyl groups is 1. The summed E-state index contributed by atoms with van der Waals surface area (Å²) in [6.45, 7) is 0. The van der Waals surface area contributed by atoms with Crippen molar-refractivity contribution in [2.75, 3.05) is 5.73 Å². The second kappa shape index (κ2) is 2.71. The van der Waals surface area contributed by atoms with E-state index < -0.39 is 0 Å². The summed E-state index contributed by atoms with van der Waals surface area (Å²) in [5.41, 5.74) is 5.50. The molecule has 64 valence electrons. The van der Waals surface area contributed by atoms with Crippen molar-refractivity contribution in [1.82, 2.24) is 9.97 Å². The highest BCUT2D eigenvalue weighted by atomic mass is 16.3. The molecule has 0 amide bonds. The van der Waals surface area contributed by atoms with Crippen molar-refractivity contribution in [3.8, 4) is 0 Å². The Kier molecular flexibility index (Phi) is 1.69. The number of aliphatic hydroxyl groups excluding tert-OH is 1. The topological polar surface area (TPSA) is 72.0 Å². The third-order valence-electron chi connectivity index (χ3n) is 2.17. The lowest BCUT2D eigenvalue weighted by Crippen LogP contribution is -2.27. The van der Waals surface area contributed by atoms with Crippen LogP contribution in [0.15, 0.2) is 12.3 Å². The number of aromatic nitrogens is 2. The van der Waals surface area contributed by atoms with Gasteiger partial charge in [-0.25, -0.2) is 9.97 Å². The van der Waals surface area contributed by atoms with Gasteiger partial charge in [-0.2, -0.15) is 0 Å². The molecule has 0 spiro atoms. The van der Waals surface area contributed by atoms with Gasteiger partial charge in [-0.3, -0.25) is 0 Å². The molecular formula is C8H11N3O. The number of anilines is 1. The van der Waals surface area contributed by atoms with Crippen molar-refractivity contribution in [2.24, 2.45) is 0 Å². The molecule has 4 nitrogen and oxygen atoms in total. The van der Waals surface area contributed by atoms with Gasteiger partial charge in [0.25, 0.3) is 0 Å². The summed E-state index contributed by atoms with van der Waals surface area (Å²) in [5.74, 6) is 1.57. The Morgan fingerprint density at radius 2 is 2.25 bits per heavy atom. The molecule has 3 N–H and O–H groups in total. The van der Waals surface area contributed by atoms with Crippen molar-refractivity contribution >= 4 is 5.82 Å². The lowest BCUT2D eigenvalue weighted by atomic mass is 9.82. The van der Waals surface area contributed by atoms with E-state index in [0.29, 0.717) is 11.7 Å². The molecule has 0 aromatic carbocycles. The number of nitrogens with zero attached hydrogens (tertiary/aromatic N) is 2. The maximum Gasteiger partial charge on any atom is 0.133 e. The van der Waals surface area contributed by atoms with E-state index in [1.165, 1.54) is 0 Å². The Morgan fingerprint density at radius 1 is 1.50 bits per heavy atom. The Hall–Kier alpha value is -1.16. The smallest absolute Gasteiger partial charge is 0.133 e. The average Bonchev–Trinajstić information content (AvgIpc) is 1.99. The van der Waals surface area contributed by atoms with E-state index >= 15 is 0 Å². The van der Waals surface area contributed by atoms with E-state index in [1.807, 2.05) is 0 Å². The largest absolute Gasteiger partial charge is 0.393 e. The highest BCUT2D eigenvalue weighted by Crippen LogP contribution is 2.34. The van der Waals surface area contributed by atoms with Crippen LogP contribution in [0.25, 0.3) is 0 Å². The summed E-state index contributed by atoms with van der Waals surface area (Å²) >= 11 is 0. The van der Waals surface area contributed by atoms with Crippen LogP contribution in [0.5, 0.6) is 0 Å². The van der Waals surface area contributed by atoms with Gasteiger partial charge in [0.1, 0.15) is 11.6 Å². The van der Waals surface area contributed by atoms with Crippen LogP contribution in [0.4, 0.5) is 5.82 Å². The molecule has 1 aromatic rings. The first-order valence-corrected chi connectivity index (χ1v) is 4.02. The minimum absolute atomic E-state index is 0.167. The van der Waals surface area contributed by atoms with Crippen molar-refractivity contribution in [3.05, 3.63) is 18.1 Å². The van der Waals surface area contributed by atoms with E-state index in [2.05, 4.69) is 9.97 Å². The quantitative estimate of drug-likeness (QED) is 0.627. The van der Waals surface area contributed by atoms with Crippen LogP contribution in [0.3, 0.4) is 0 Å². The van der Waals surface area contributed by atoms with Crippen molar-refractivity contribution in [2.45, 2.75) is 24.9 Å². The zero-order valence-electron chi connectivity index (χ0n) is 6.64. The van der Waals surface area contributed by atoms with Crippen molar-refractivity contribution < 1.29 is 5.11 Å². The van der Waals surface area contributed by atoms with Crippen LogP contribution in [-0.2, 0) is 0 Å². The van der Waals surface area contributed by atoms with Crippen LogP contribution < -0.4 is 5.73 Å². The molecule has 1 heterocycles. The molecule has 0 radical (unpaired) electrons. The maximum absolute atomic E-state index is 9.06. The first kappa shape index (κ1) is 7.49. The minimum Gasteiger partial charge on any atom is -0.393 e. The first-order valence-electron chi connectivity index (χ1n) is 4.02. The molecule has 0 saturated heterocycles. The molecule has 1 fully saturated rings. The van der Waals surface area contributed by atoms with E-state index in [4.69, 9.17) is 10.8 Å². The predicted molar refractivity (Wildman–Crippen MR) is 44.4 cm³/mol.